The second-order valence-electron chi connectivity index (χ2n) is 5.60. The van der Waals surface area contributed by atoms with Crippen LogP contribution < -0.4 is 5.32 Å². The minimum Gasteiger partial charge on any atom is -0.459 e. The Hall–Kier alpha value is -2.34. The van der Waals surface area contributed by atoms with Gasteiger partial charge in [0.15, 0.2) is 5.69 Å². The Bertz CT molecular complexity index is 817. The van der Waals surface area contributed by atoms with Crippen LogP contribution in [-0.2, 0) is 19.4 Å². The molecule has 0 saturated carbocycles. The molecule has 0 saturated heterocycles. The van der Waals surface area contributed by atoms with E-state index in [1.165, 1.54) is 0 Å². The van der Waals surface area contributed by atoms with Crippen LogP contribution in [0.5, 0.6) is 0 Å². The Kier molecular flexibility index (Phi) is 3.75. The fraction of sp³-hybridized carbons (Fsp3) is 0.294. The van der Waals surface area contributed by atoms with Gasteiger partial charge in [-0.15, -0.1) is 0 Å². The lowest BCUT2D eigenvalue weighted by atomic mass is 9.96. The monoisotopic (exact) mass is 328 g/mol. The van der Waals surface area contributed by atoms with E-state index in [2.05, 4.69) is 10.5 Å². The lowest BCUT2D eigenvalue weighted by molar-refractivity contribution is 0.0938. The standard InChI is InChI=1S/C17H16N2O3S/c20-17(16-13-3-1-2-4-15(13)22-19-16)18-9-12-5-6-14(21-12)11-7-8-23-10-11/h5-8,10H,1-4,9H2,(H,18,20). The first-order valence-corrected chi connectivity index (χ1v) is 8.62. The molecule has 5 nitrogen and oxygen atoms in total. The normalized spacial score (nSPS) is 13.7. The smallest absolute Gasteiger partial charge is 0.274 e. The number of furan rings is 1. The van der Waals surface area contributed by atoms with Crippen molar-refractivity contribution < 1.29 is 13.7 Å². The molecule has 3 aromatic rings. The molecule has 1 aliphatic rings. The maximum Gasteiger partial charge on any atom is 0.274 e. The van der Waals surface area contributed by atoms with Gasteiger partial charge in [-0.2, -0.15) is 11.3 Å². The largest absolute Gasteiger partial charge is 0.459 e. The summed E-state index contributed by atoms with van der Waals surface area (Å²) in [6.45, 7) is 0.338. The molecule has 0 bridgehead atoms. The van der Waals surface area contributed by atoms with Crippen LogP contribution in [-0.4, -0.2) is 11.1 Å². The number of hydrogen-bond acceptors (Lipinski definition) is 5. The minimum atomic E-state index is -0.203. The highest BCUT2D eigenvalue weighted by atomic mass is 32.1. The highest BCUT2D eigenvalue weighted by molar-refractivity contribution is 7.08. The van der Waals surface area contributed by atoms with Crippen LogP contribution in [0.1, 0.15) is 40.4 Å². The van der Waals surface area contributed by atoms with E-state index in [-0.39, 0.29) is 5.91 Å². The zero-order chi connectivity index (χ0) is 15.6. The number of nitrogens with zero attached hydrogens (tertiary/aromatic N) is 1. The number of aromatic nitrogens is 1. The molecule has 0 spiro atoms. The van der Waals surface area contributed by atoms with Gasteiger partial charge in [-0.25, -0.2) is 0 Å². The molecular weight excluding hydrogens is 312 g/mol. The van der Waals surface area contributed by atoms with Crippen molar-refractivity contribution in [2.45, 2.75) is 32.2 Å². The maximum atomic E-state index is 12.3. The Morgan fingerprint density at radius 3 is 3.04 bits per heavy atom. The SMILES string of the molecule is O=C(NCc1ccc(-c2ccsc2)o1)c1noc2c1CCCC2. The van der Waals surface area contributed by atoms with E-state index in [1.54, 1.807) is 11.3 Å². The van der Waals surface area contributed by atoms with E-state index in [9.17, 15) is 4.79 Å². The van der Waals surface area contributed by atoms with Crippen molar-refractivity contribution in [1.82, 2.24) is 10.5 Å². The number of aryl methyl sites for hydroxylation is 1. The first-order valence-electron chi connectivity index (χ1n) is 7.68. The molecule has 1 aliphatic carbocycles. The van der Waals surface area contributed by atoms with Crippen LogP contribution >= 0.6 is 11.3 Å². The number of amides is 1. The Balaban J connectivity index is 1.43. The van der Waals surface area contributed by atoms with Gasteiger partial charge in [0.2, 0.25) is 0 Å². The van der Waals surface area contributed by atoms with Gasteiger partial charge in [0.05, 0.1) is 6.54 Å². The summed E-state index contributed by atoms with van der Waals surface area (Å²) in [5.41, 5.74) is 2.44. The van der Waals surface area contributed by atoms with Gasteiger partial charge in [-0.1, -0.05) is 5.16 Å². The van der Waals surface area contributed by atoms with Gasteiger partial charge in [0, 0.05) is 22.9 Å². The third-order valence-electron chi connectivity index (χ3n) is 4.06. The molecule has 23 heavy (non-hydrogen) atoms. The topological polar surface area (TPSA) is 68.3 Å². The molecule has 0 aromatic carbocycles. The highest BCUT2D eigenvalue weighted by Crippen LogP contribution is 2.25. The molecule has 1 amide bonds. The average molecular weight is 328 g/mol. The van der Waals surface area contributed by atoms with Gasteiger partial charge in [0.1, 0.15) is 17.3 Å². The molecule has 6 heteroatoms. The molecule has 4 rings (SSSR count). The average Bonchev–Trinajstić information content (AvgIpc) is 3.31. The van der Waals surface area contributed by atoms with E-state index in [1.807, 2.05) is 29.0 Å². The van der Waals surface area contributed by atoms with Gasteiger partial charge >= 0.3 is 0 Å². The fourth-order valence-corrected chi connectivity index (χ4v) is 3.49. The van der Waals surface area contributed by atoms with Crippen molar-refractivity contribution in [3.05, 3.63) is 51.7 Å². The number of carbonyl (C=O) groups excluding carboxylic acids is 1. The van der Waals surface area contributed by atoms with Crippen molar-refractivity contribution in [2.24, 2.45) is 0 Å². The van der Waals surface area contributed by atoms with Gasteiger partial charge in [-0.05, 0) is 42.8 Å². The van der Waals surface area contributed by atoms with Gasteiger partial charge in [0.25, 0.3) is 5.91 Å². The summed E-state index contributed by atoms with van der Waals surface area (Å²) >= 11 is 1.62. The van der Waals surface area contributed by atoms with E-state index in [0.29, 0.717) is 12.2 Å². The lowest BCUT2D eigenvalue weighted by Crippen LogP contribution is -2.24. The molecule has 118 valence electrons. The predicted octanol–water partition coefficient (Wildman–Crippen LogP) is 3.80. The zero-order valence-electron chi connectivity index (χ0n) is 12.5. The third kappa shape index (κ3) is 2.82. The van der Waals surface area contributed by atoms with Crippen LogP contribution in [0.2, 0.25) is 0 Å². The molecular formula is C17H16N2O3S. The molecule has 0 aliphatic heterocycles. The number of hydrogen-bond donors (Lipinski definition) is 1. The van der Waals surface area contributed by atoms with Crippen LogP contribution in [0.4, 0.5) is 0 Å². The number of nitrogens with one attached hydrogen (secondary N) is 1. The van der Waals surface area contributed by atoms with Crippen LogP contribution in [0.15, 0.2) is 37.9 Å². The summed E-state index contributed by atoms with van der Waals surface area (Å²) in [7, 11) is 0. The fourth-order valence-electron chi connectivity index (χ4n) is 2.85. The summed E-state index contributed by atoms with van der Waals surface area (Å²) in [6.07, 6.45) is 3.92. The van der Waals surface area contributed by atoms with Crippen LogP contribution in [0.3, 0.4) is 0 Å². The molecule has 3 heterocycles. The second kappa shape index (κ2) is 6.04. The summed E-state index contributed by atoms with van der Waals surface area (Å²) in [4.78, 5) is 12.3. The Labute approximate surface area is 137 Å². The van der Waals surface area contributed by atoms with Crippen molar-refractivity contribution in [3.63, 3.8) is 0 Å². The first-order chi connectivity index (χ1) is 11.3. The molecule has 0 radical (unpaired) electrons. The minimum absolute atomic E-state index is 0.203. The lowest BCUT2D eigenvalue weighted by Gasteiger charge is -2.08. The van der Waals surface area contributed by atoms with Gasteiger partial charge < -0.3 is 14.3 Å². The summed E-state index contributed by atoms with van der Waals surface area (Å²) in [6, 6.07) is 5.81. The first kappa shape index (κ1) is 14.3. The summed E-state index contributed by atoms with van der Waals surface area (Å²) < 4.78 is 11.0. The van der Waals surface area contributed by atoms with E-state index in [0.717, 1.165) is 54.1 Å². The molecule has 1 N–H and O–H groups in total. The molecule has 0 fully saturated rings. The number of fused-ring (bicyclic) bond motifs is 1. The Morgan fingerprint density at radius 1 is 1.26 bits per heavy atom. The molecule has 0 atom stereocenters. The van der Waals surface area contributed by atoms with E-state index >= 15 is 0 Å². The Morgan fingerprint density at radius 2 is 2.17 bits per heavy atom. The second-order valence-corrected chi connectivity index (χ2v) is 6.38. The van der Waals surface area contributed by atoms with E-state index < -0.39 is 0 Å². The zero-order valence-corrected chi connectivity index (χ0v) is 13.3. The summed E-state index contributed by atoms with van der Waals surface area (Å²) in [5.74, 6) is 2.19. The summed E-state index contributed by atoms with van der Waals surface area (Å²) in [5, 5.41) is 10.8. The van der Waals surface area contributed by atoms with Gasteiger partial charge in [-0.3, -0.25) is 4.79 Å². The number of rotatable bonds is 4. The number of thiophene rings is 1. The van der Waals surface area contributed by atoms with Crippen molar-refractivity contribution in [1.29, 1.82) is 0 Å². The van der Waals surface area contributed by atoms with Crippen molar-refractivity contribution >= 4 is 17.2 Å². The van der Waals surface area contributed by atoms with E-state index in [4.69, 9.17) is 8.94 Å². The third-order valence-corrected chi connectivity index (χ3v) is 4.74. The number of carbonyl (C=O) groups is 1. The highest BCUT2D eigenvalue weighted by Gasteiger charge is 2.23. The molecule has 0 unspecified atom stereocenters. The van der Waals surface area contributed by atoms with Crippen molar-refractivity contribution in [3.8, 4) is 11.3 Å². The van der Waals surface area contributed by atoms with Crippen LogP contribution in [0, 0.1) is 0 Å². The van der Waals surface area contributed by atoms with Crippen LogP contribution in [0.25, 0.3) is 11.3 Å². The quantitative estimate of drug-likeness (QED) is 0.791. The molecule has 3 aromatic heterocycles. The maximum absolute atomic E-state index is 12.3. The predicted molar refractivity (Wildman–Crippen MR) is 86.3 cm³/mol. The van der Waals surface area contributed by atoms with Crippen molar-refractivity contribution in [2.75, 3.05) is 0 Å².